The van der Waals surface area contributed by atoms with Gasteiger partial charge in [0.05, 0.1) is 0 Å². The molecule has 3 heterocycles. The molecule has 1 fully saturated rings. The van der Waals surface area contributed by atoms with Crippen LogP contribution in [0, 0.1) is 0 Å². The van der Waals surface area contributed by atoms with Crippen molar-refractivity contribution in [1.82, 2.24) is 25.4 Å². The van der Waals surface area contributed by atoms with Crippen molar-refractivity contribution in [3.63, 3.8) is 0 Å². The van der Waals surface area contributed by atoms with Crippen molar-refractivity contribution in [2.45, 2.75) is 25.0 Å². The molecule has 0 aromatic carbocycles. The van der Waals surface area contributed by atoms with Crippen LogP contribution in [0.4, 0.5) is 0 Å². The molecule has 1 aliphatic rings. The Bertz CT molecular complexity index is 618. The van der Waals surface area contributed by atoms with Crippen molar-refractivity contribution >= 4 is 5.91 Å². The fraction of sp³-hybridized carbons (Fsp3) is 0.400. The lowest BCUT2D eigenvalue weighted by Gasteiger charge is -2.31. The average Bonchev–Trinajstić information content (AvgIpc) is 3.08. The summed E-state index contributed by atoms with van der Waals surface area (Å²) < 4.78 is 1.67. The number of nitrogens with one attached hydrogen (secondary N) is 2. The van der Waals surface area contributed by atoms with E-state index in [0.717, 1.165) is 11.4 Å². The van der Waals surface area contributed by atoms with Crippen LogP contribution in [0.1, 0.15) is 18.4 Å². The number of hydrogen-bond donors (Lipinski definition) is 3. The molecule has 0 radical (unpaired) electrons. The van der Waals surface area contributed by atoms with Gasteiger partial charge < -0.3 is 15.7 Å². The number of carbonyl (C=O) groups is 1. The van der Waals surface area contributed by atoms with Crippen LogP contribution < -0.4 is 10.6 Å². The molecule has 1 aliphatic heterocycles. The third-order valence-electron chi connectivity index (χ3n) is 3.85. The first kappa shape index (κ1) is 14.7. The minimum Gasteiger partial charge on any atom is -0.380 e. The number of aliphatic hydroxyl groups is 1. The maximum atomic E-state index is 12.1. The fourth-order valence-electron chi connectivity index (χ4n) is 2.48. The number of pyridine rings is 1. The number of hydrogen-bond acceptors (Lipinski definition) is 5. The molecule has 116 valence electrons. The van der Waals surface area contributed by atoms with Crippen molar-refractivity contribution < 1.29 is 9.90 Å². The van der Waals surface area contributed by atoms with Gasteiger partial charge in [0.25, 0.3) is 5.91 Å². The second kappa shape index (κ2) is 6.25. The lowest BCUT2D eigenvalue weighted by atomic mass is 9.91. The highest BCUT2D eigenvalue weighted by Crippen LogP contribution is 2.18. The van der Waals surface area contributed by atoms with Gasteiger partial charge in [0, 0.05) is 25.1 Å². The van der Waals surface area contributed by atoms with Crippen molar-refractivity contribution in [2.24, 2.45) is 0 Å². The summed E-state index contributed by atoms with van der Waals surface area (Å²) in [5, 5.41) is 20.3. The minimum absolute atomic E-state index is 0.315. The molecule has 7 nitrogen and oxygen atoms in total. The molecule has 0 atom stereocenters. The summed E-state index contributed by atoms with van der Waals surface area (Å²) >= 11 is 0. The summed E-state index contributed by atoms with van der Waals surface area (Å²) in [4.78, 5) is 16.4. The van der Waals surface area contributed by atoms with Crippen LogP contribution in [0.3, 0.4) is 0 Å². The second-order valence-corrected chi connectivity index (χ2v) is 5.44. The summed E-state index contributed by atoms with van der Waals surface area (Å²) in [5.41, 5.74) is -0.380. The first-order chi connectivity index (χ1) is 10.7. The van der Waals surface area contributed by atoms with Crippen molar-refractivity contribution in [1.29, 1.82) is 0 Å². The SMILES string of the molecule is O=C(NCc1ccc(-n2cccn2)nc1)C1(O)CCNCC1. The van der Waals surface area contributed by atoms with Crippen LogP contribution in [-0.2, 0) is 11.3 Å². The normalized spacial score (nSPS) is 17.1. The summed E-state index contributed by atoms with van der Waals surface area (Å²) in [6.45, 7) is 1.66. The third kappa shape index (κ3) is 3.15. The number of carbonyl (C=O) groups excluding carboxylic acids is 1. The van der Waals surface area contributed by atoms with Gasteiger partial charge in [-0.05, 0) is 43.6 Å². The molecule has 22 heavy (non-hydrogen) atoms. The summed E-state index contributed by atoms with van der Waals surface area (Å²) in [7, 11) is 0. The molecule has 0 saturated carbocycles. The van der Waals surface area contributed by atoms with E-state index < -0.39 is 5.60 Å². The monoisotopic (exact) mass is 301 g/mol. The molecular formula is C15H19N5O2. The minimum atomic E-state index is -1.26. The molecule has 0 spiro atoms. The predicted molar refractivity (Wildman–Crippen MR) is 80.3 cm³/mol. The topological polar surface area (TPSA) is 92.1 Å². The summed E-state index contributed by atoms with van der Waals surface area (Å²) in [5.74, 6) is 0.405. The van der Waals surface area contributed by atoms with E-state index in [1.807, 2.05) is 24.4 Å². The van der Waals surface area contributed by atoms with Gasteiger partial charge >= 0.3 is 0 Å². The van der Waals surface area contributed by atoms with E-state index in [2.05, 4.69) is 20.7 Å². The molecule has 1 amide bonds. The molecule has 0 unspecified atom stereocenters. The first-order valence-electron chi connectivity index (χ1n) is 7.34. The zero-order valence-corrected chi connectivity index (χ0v) is 12.2. The Labute approximate surface area is 128 Å². The number of rotatable bonds is 4. The quantitative estimate of drug-likeness (QED) is 0.739. The molecule has 3 N–H and O–H groups in total. The second-order valence-electron chi connectivity index (χ2n) is 5.44. The third-order valence-corrected chi connectivity index (χ3v) is 3.85. The summed E-state index contributed by atoms with van der Waals surface area (Å²) in [6, 6.07) is 5.56. The average molecular weight is 301 g/mol. The van der Waals surface area contributed by atoms with Gasteiger partial charge in [-0.3, -0.25) is 4.79 Å². The van der Waals surface area contributed by atoms with Crippen molar-refractivity contribution in [2.75, 3.05) is 13.1 Å². The molecule has 0 aliphatic carbocycles. The zero-order valence-electron chi connectivity index (χ0n) is 12.2. The predicted octanol–water partition coefficient (Wildman–Crippen LogP) is -0.00200. The van der Waals surface area contributed by atoms with E-state index in [9.17, 15) is 9.90 Å². The molecule has 0 bridgehead atoms. The number of amides is 1. The van der Waals surface area contributed by atoms with Crippen molar-refractivity contribution in [3.8, 4) is 5.82 Å². The van der Waals surface area contributed by atoms with E-state index in [1.165, 1.54) is 0 Å². The highest BCUT2D eigenvalue weighted by molar-refractivity contribution is 5.85. The number of piperidine rings is 1. The van der Waals surface area contributed by atoms with Crippen LogP contribution in [0.15, 0.2) is 36.8 Å². The van der Waals surface area contributed by atoms with Gasteiger partial charge in [-0.25, -0.2) is 9.67 Å². The van der Waals surface area contributed by atoms with Gasteiger partial charge in [0.1, 0.15) is 5.60 Å². The van der Waals surface area contributed by atoms with E-state index in [4.69, 9.17) is 0 Å². The molecule has 3 rings (SSSR count). The molecule has 7 heteroatoms. The lowest BCUT2D eigenvalue weighted by molar-refractivity contribution is -0.142. The van der Waals surface area contributed by atoms with E-state index in [-0.39, 0.29) is 5.91 Å². The highest BCUT2D eigenvalue weighted by Gasteiger charge is 2.36. The van der Waals surface area contributed by atoms with Crippen LogP contribution in [0.5, 0.6) is 0 Å². The Morgan fingerprint density at radius 2 is 2.23 bits per heavy atom. The maximum absolute atomic E-state index is 12.1. The van der Waals surface area contributed by atoms with E-state index in [1.54, 1.807) is 17.1 Å². The Morgan fingerprint density at radius 3 is 2.86 bits per heavy atom. The number of nitrogens with zero attached hydrogens (tertiary/aromatic N) is 3. The van der Waals surface area contributed by atoms with Gasteiger partial charge in [0.15, 0.2) is 5.82 Å². The standard InChI is InChI=1S/C15H19N5O2/c21-14(15(22)4-7-16-8-5-15)18-11-12-2-3-13(17-10-12)20-9-1-6-19-20/h1-3,6,9-10,16,22H,4-5,7-8,11H2,(H,18,21). The summed E-state index contributed by atoms with van der Waals surface area (Å²) in [6.07, 6.45) is 6.08. The molecule has 2 aromatic heterocycles. The van der Waals surface area contributed by atoms with E-state index in [0.29, 0.717) is 32.5 Å². The zero-order chi connectivity index (χ0) is 15.4. The van der Waals surface area contributed by atoms with Crippen molar-refractivity contribution in [3.05, 3.63) is 42.4 Å². The van der Waals surface area contributed by atoms with Gasteiger partial charge in [-0.2, -0.15) is 5.10 Å². The Morgan fingerprint density at radius 1 is 1.41 bits per heavy atom. The van der Waals surface area contributed by atoms with Crippen LogP contribution in [0.25, 0.3) is 5.82 Å². The Kier molecular flexibility index (Phi) is 4.17. The first-order valence-corrected chi connectivity index (χ1v) is 7.34. The highest BCUT2D eigenvalue weighted by atomic mass is 16.3. The Hall–Kier alpha value is -2.25. The Balaban J connectivity index is 1.58. The van der Waals surface area contributed by atoms with Crippen LogP contribution in [0.2, 0.25) is 0 Å². The molecule has 1 saturated heterocycles. The van der Waals surface area contributed by atoms with Crippen LogP contribution in [-0.4, -0.2) is 44.5 Å². The van der Waals surface area contributed by atoms with Gasteiger partial charge in [-0.15, -0.1) is 0 Å². The largest absolute Gasteiger partial charge is 0.380 e. The van der Waals surface area contributed by atoms with Gasteiger partial charge in [-0.1, -0.05) is 6.07 Å². The smallest absolute Gasteiger partial charge is 0.252 e. The maximum Gasteiger partial charge on any atom is 0.252 e. The fourth-order valence-corrected chi connectivity index (χ4v) is 2.48. The van der Waals surface area contributed by atoms with Gasteiger partial charge in [0.2, 0.25) is 0 Å². The van der Waals surface area contributed by atoms with E-state index >= 15 is 0 Å². The lowest BCUT2D eigenvalue weighted by Crippen LogP contribution is -2.52. The number of aromatic nitrogens is 3. The molecular weight excluding hydrogens is 282 g/mol. The molecule has 2 aromatic rings. The van der Waals surface area contributed by atoms with Crippen LogP contribution >= 0.6 is 0 Å².